The van der Waals surface area contributed by atoms with Crippen LogP contribution in [0.3, 0.4) is 0 Å². The summed E-state index contributed by atoms with van der Waals surface area (Å²) < 4.78 is 7.03. The van der Waals surface area contributed by atoms with Crippen molar-refractivity contribution in [2.45, 2.75) is 26.4 Å². The van der Waals surface area contributed by atoms with Gasteiger partial charge >= 0.3 is 5.69 Å². The maximum absolute atomic E-state index is 12.0. The maximum Gasteiger partial charge on any atom is 0.328 e. The average Bonchev–Trinajstić information content (AvgIpc) is 2.87. The van der Waals surface area contributed by atoms with Gasteiger partial charge in [-0.3, -0.25) is 9.13 Å². The quantitative estimate of drug-likeness (QED) is 0.609. The number of aromatic nitrogens is 4. The molecule has 7 nitrogen and oxygen atoms in total. The molecule has 2 aromatic rings. The second-order valence-electron chi connectivity index (χ2n) is 3.90. The van der Waals surface area contributed by atoms with E-state index in [0.29, 0.717) is 17.2 Å². The van der Waals surface area contributed by atoms with Gasteiger partial charge in [0.15, 0.2) is 0 Å². The molecule has 17 heavy (non-hydrogen) atoms. The summed E-state index contributed by atoms with van der Waals surface area (Å²) in [7, 11) is 0. The second kappa shape index (κ2) is 4.68. The average molecular weight is 254 g/mol. The minimum atomic E-state index is -0.0593. The summed E-state index contributed by atoms with van der Waals surface area (Å²) in [6, 6.07) is 0.143. The fourth-order valence-corrected chi connectivity index (χ4v) is 2.01. The van der Waals surface area contributed by atoms with Gasteiger partial charge in [-0.05, 0) is 13.8 Å². The third-order valence-electron chi connectivity index (χ3n) is 2.44. The zero-order valence-corrected chi connectivity index (χ0v) is 10.4. The van der Waals surface area contributed by atoms with Gasteiger partial charge in [0.25, 0.3) is 0 Å². The van der Waals surface area contributed by atoms with Crippen LogP contribution >= 0.6 is 11.5 Å². The van der Waals surface area contributed by atoms with Gasteiger partial charge in [-0.1, -0.05) is 4.49 Å². The second-order valence-corrected chi connectivity index (χ2v) is 4.66. The number of imidazole rings is 1. The lowest BCUT2D eigenvalue weighted by molar-refractivity contribution is 0.560. The van der Waals surface area contributed by atoms with Gasteiger partial charge in [-0.15, -0.1) is 5.10 Å². The smallest absolute Gasteiger partial charge is 0.313 e. The SMILES string of the molecule is CC(C)n1ccn(Cc2nnsc2NN)c1=O. The van der Waals surface area contributed by atoms with E-state index in [1.165, 1.54) is 11.5 Å². The van der Waals surface area contributed by atoms with E-state index >= 15 is 0 Å². The third kappa shape index (κ3) is 2.22. The molecule has 2 rings (SSSR count). The molecule has 0 unspecified atom stereocenters. The lowest BCUT2D eigenvalue weighted by Crippen LogP contribution is -2.26. The van der Waals surface area contributed by atoms with Crippen molar-refractivity contribution in [1.82, 2.24) is 18.7 Å². The molecule has 0 aromatic carbocycles. The van der Waals surface area contributed by atoms with E-state index < -0.39 is 0 Å². The number of nitrogens with zero attached hydrogens (tertiary/aromatic N) is 4. The Kier molecular flexibility index (Phi) is 3.25. The van der Waals surface area contributed by atoms with Crippen LogP contribution < -0.4 is 17.0 Å². The molecule has 2 heterocycles. The number of hydrogen-bond donors (Lipinski definition) is 2. The lowest BCUT2D eigenvalue weighted by atomic mass is 10.4. The van der Waals surface area contributed by atoms with E-state index in [0.717, 1.165) is 0 Å². The van der Waals surface area contributed by atoms with Crippen molar-refractivity contribution in [1.29, 1.82) is 0 Å². The minimum absolute atomic E-state index is 0.0593. The zero-order valence-electron chi connectivity index (χ0n) is 9.62. The highest BCUT2D eigenvalue weighted by molar-refractivity contribution is 7.10. The van der Waals surface area contributed by atoms with Crippen molar-refractivity contribution in [3.05, 3.63) is 28.6 Å². The first kappa shape index (κ1) is 11.8. The van der Waals surface area contributed by atoms with Crippen LogP contribution in [0.1, 0.15) is 25.6 Å². The number of anilines is 1. The molecule has 8 heteroatoms. The van der Waals surface area contributed by atoms with Crippen molar-refractivity contribution < 1.29 is 0 Å². The van der Waals surface area contributed by atoms with Crippen LogP contribution in [-0.4, -0.2) is 18.7 Å². The van der Waals surface area contributed by atoms with E-state index in [1.807, 2.05) is 13.8 Å². The first-order valence-corrected chi connectivity index (χ1v) is 5.96. The van der Waals surface area contributed by atoms with Crippen molar-refractivity contribution >= 4 is 16.5 Å². The molecule has 0 fully saturated rings. The molecule has 3 N–H and O–H groups in total. The Hall–Kier alpha value is -1.67. The summed E-state index contributed by atoms with van der Waals surface area (Å²) in [5.74, 6) is 5.33. The highest BCUT2D eigenvalue weighted by Crippen LogP contribution is 2.16. The van der Waals surface area contributed by atoms with E-state index in [-0.39, 0.29) is 11.7 Å². The molecule has 0 bridgehead atoms. The summed E-state index contributed by atoms with van der Waals surface area (Å²) >= 11 is 1.17. The molecule has 2 aromatic heterocycles. The Labute approximate surface area is 102 Å². The minimum Gasteiger partial charge on any atom is -0.313 e. The molecule has 0 atom stereocenters. The molecule has 92 valence electrons. The van der Waals surface area contributed by atoms with Crippen LogP contribution in [-0.2, 0) is 6.54 Å². The van der Waals surface area contributed by atoms with Crippen LogP contribution in [0.5, 0.6) is 0 Å². The Morgan fingerprint density at radius 2 is 2.29 bits per heavy atom. The molecule has 0 amide bonds. The summed E-state index contributed by atoms with van der Waals surface area (Å²) in [6.45, 7) is 4.29. The number of rotatable bonds is 4. The molecule has 0 aliphatic rings. The number of hydrazine groups is 1. The maximum atomic E-state index is 12.0. The van der Waals surface area contributed by atoms with Crippen LogP contribution in [0, 0.1) is 0 Å². The fourth-order valence-electron chi connectivity index (χ4n) is 1.52. The molecule has 0 saturated carbocycles. The Morgan fingerprint density at radius 1 is 1.53 bits per heavy atom. The van der Waals surface area contributed by atoms with Crippen molar-refractivity contribution in [2.75, 3.05) is 5.43 Å². The summed E-state index contributed by atoms with van der Waals surface area (Å²) in [4.78, 5) is 12.0. The molecule has 0 spiro atoms. The van der Waals surface area contributed by atoms with Gasteiger partial charge in [0, 0.05) is 30.0 Å². The molecule has 0 aliphatic carbocycles. The predicted molar refractivity (Wildman–Crippen MR) is 65.9 cm³/mol. The topological polar surface area (TPSA) is 90.8 Å². The van der Waals surface area contributed by atoms with Gasteiger partial charge in [-0.25, -0.2) is 10.6 Å². The van der Waals surface area contributed by atoms with Gasteiger partial charge < -0.3 is 5.43 Å². The summed E-state index contributed by atoms with van der Waals surface area (Å²) in [5, 5.41) is 4.61. The van der Waals surface area contributed by atoms with E-state index in [9.17, 15) is 4.79 Å². The number of nitrogen functional groups attached to an aromatic ring is 1. The molecular formula is C9H14N6OS. The van der Waals surface area contributed by atoms with Gasteiger partial charge in [0.05, 0.1) is 6.54 Å². The lowest BCUT2D eigenvalue weighted by Gasteiger charge is -2.04. The van der Waals surface area contributed by atoms with E-state index in [4.69, 9.17) is 5.84 Å². The Bertz CT molecular complexity index is 554. The molecule has 0 saturated heterocycles. The number of nitrogens with two attached hydrogens (primary N) is 1. The standard InChI is InChI=1S/C9H14N6OS/c1-6(2)15-4-3-14(9(15)16)5-7-8(11-10)17-13-12-7/h3-4,6,11H,5,10H2,1-2H3. The highest BCUT2D eigenvalue weighted by Gasteiger charge is 2.11. The van der Waals surface area contributed by atoms with Crippen molar-refractivity contribution in [2.24, 2.45) is 5.84 Å². The first-order valence-electron chi connectivity index (χ1n) is 5.18. The van der Waals surface area contributed by atoms with Gasteiger partial charge in [0.2, 0.25) is 0 Å². The van der Waals surface area contributed by atoms with E-state index in [1.54, 1.807) is 21.5 Å². The van der Waals surface area contributed by atoms with Crippen molar-refractivity contribution in [3.8, 4) is 0 Å². The van der Waals surface area contributed by atoms with Gasteiger partial charge in [-0.2, -0.15) is 0 Å². The third-order valence-corrected chi connectivity index (χ3v) is 3.14. The van der Waals surface area contributed by atoms with E-state index in [2.05, 4.69) is 15.0 Å². The van der Waals surface area contributed by atoms with Gasteiger partial charge in [0.1, 0.15) is 10.7 Å². The molecule has 0 aliphatic heterocycles. The summed E-state index contributed by atoms with van der Waals surface area (Å²) in [6.07, 6.45) is 3.50. The Morgan fingerprint density at radius 3 is 2.88 bits per heavy atom. The molecular weight excluding hydrogens is 240 g/mol. The Balaban J connectivity index is 2.28. The van der Waals surface area contributed by atoms with Crippen LogP contribution in [0.15, 0.2) is 17.2 Å². The zero-order chi connectivity index (χ0) is 12.4. The first-order chi connectivity index (χ1) is 8.13. The molecule has 0 radical (unpaired) electrons. The predicted octanol–water partition coefficient (Wildman–Crippen LogP) is 0.416. The monoisotopic (exact) mass is 254 g/mol. The largest absolute Gasteiger partial charge is 0.328 e. The summed E-state index contributed by atoms with van der Waals surface area (Å²) in [5.41, 5.74) is 3.12. The van der Waals surface area contributed by atoms with Crippen molar-refractivity contribution in [3.63, 3.8) is 0 Å². The number of hydrogen-bond acceptors (Lipinski definition) is 6. The highest BCUT2D eigenvalue weighted by atomic mass is 32.1. The fraction of sp³-hybridized carbons (Fsp3) is 0.444. The van der Waals surface area contributed by atoms with Crippen LogP contribution in [0.2, 0.25) is 0 Å². The number of nitrogens with one attached hydrogen (secondary N) is 1. The van der Waals surface area contributed by atoms with Crippen LogP contribution in [0.4, 0.5) is 5.00 Å². The normalized spacial score (nSPS) is 11.1. The van der Waals surface area contributed by atoms with Crippen LogP contribution in [0.25, 0.3) is 0 Å².